The summed E-state index contributed by atoms with van der Waals surface area (Å²) >= 11 is 1.75. The van der Waals surface area contributed by atoms with E-state index in [1.165, 1.54) is 16.9 Å². The number of thiophene rings is 1. The molecule has 1 aliphatic heterocycles. The van der Waals surface area contributed by atoms with Crippen LogP contribution in [0.5, 0.6) is 0 Å². The molecule has 8 heteroatoms. The largest absolute Gasteiger partial charge is 0.333 e. The maximum Gasteiger partial charge on any atom is 0.293 e. The summed E-state index contributed by atoms with van der Waals surface area (Å²) in [5.74, 6) is 0.189. The third kappa shape index (κ3) is 1.98. The van der Waals surface area contributed by atoms with Crippen LogP contribution in [0.2, 0.25) is 0 Å². The Hall–Kier alpha value is -2.06. The minimum atomic E-state index is -0.0878. The number of carbonyl (C=O) groups is 1. The highest BCUT2D eigenvalue weighted by molar-refractivity contribution is 7.19. The van der Waals surface area contributed by atoms with Crippen LogP contribution in [0.15, 0.2) is 6.33 Å². The molecule has 23 heavy (non-hydrogen) atoms. The number of fused-ring (bicyclic) bond motifs is 5. The van der Waals surface area contributed by atoms with E-state index >= 15 is 0 Å². The van der Waals surface area contributed by atoms with E-state index in [9.17, 15) is 4.79 Å². The van der Waals surface area contributed by atoms with Crippen LogP contribution in [0, 0.1) is 0 Å². The zero-order valence-electron chi connectivity index (χ0n) is 12.6. The van der Waals surface area contributed by atoms with E-state index in [1.54, 1.807) is 22.2 Å². The van der Waals surface area contributed by atoms with Crippen molar-refractivity contribution in [3.05, 3.63) is 22.6 Å². The molecule has 1 aliphatic carbocycles. The summed E-state index contributed by atoms with van der Waals surface area (Å²) in [5.41, 5.74) is 2.13. The van der Waals surface area contributed by atoms with Crippen LogP contribution in [0.4, 0.5) is 0 Å². The molecule has 0 bridgehead atoms. The highest BCUT2D eigenvalue weighted by Crippen LogP contribution is 2.37. The zero-order valence-corrected chi connectivity index (χ0v) is 13.4. The molecule has 118 valence electrons. The fraction of sp³-hybridized carbons (Fsp3) is 0.467. The van der Waals surface area contributed by atoms with Crippen molar-refractivity contribution in [2.24, 2.45) is 0 Å². The summed E-state index contributed by atoms with van der Waals surface area (Å²) in [5, 5.41) is 8.72. The SMILES string of the molecule is O=C(c1nc2c3c4c(sc3ncn2n1)CCC4)N1CCNCC1. The number of aromatic nitrogens is 4. The monoisotopic (exact) mass is 328 g/mol. The van der Waals surface area contributed by atoms with Crippen LogP contribution < -0.4 is 5.32 Å². The van der Waals surface area contributed by atoms with Gasteiger partial charge in [0.25, 0.3) is 5.91 Å². The van der Waals surface area contributed by atoms with Gasteiger partial charge in [-0.2, -0.15) is 0 Å². The Morgan fingerprint density at radius 2 is 2.13 bits per heavy atom. The van der Waals surface area contributed by atoms with Gasteiger partial charge in [0.2, 0.25) is 5.82 Å². The number of nitrogens with one attached hydrogen (secondary N) is 1. The van der Waals surface area contributed by atoms with E-state index in [0.717, 1.165) is 41.8 Å². The molecule has 1 N–H and O–H groups in total. The lowest BCUT2D eigenvalue weighted by Crippen LogP contribution is -2.46. The van der Waals surface area contributed by atoms with Gasteiger partial charge in [0, 0.05) is 31.1 Å². The normalized spacial score (nSPS) is 18.0. The highest BCUT2D eigenvalue weighted by Gasteiger charge is 2.25. The lowest BCUT2D eigenvalue weighted by atomic mass is 10.2. The molecule has 1 saturated heterocycles. The van der Waals surface area contributed by atoms with Gasteiger partial charge in [-0.3, -0.25) is 4.79 Å². The van der Waals surface area contributed by atoms with Crippen molar-refractivity contribution in [2.45, 2.75) is 19.3 Å². The molecule has 0 aromatic carbocycles. The molecule has 1 fully saturated rings. The van der Waals surface area contributed by atoms with Gasteiger partial charge in [0.05, 0.1) is 5.39 Å². The number of hydrogen-bond donors (Lipinski definition) is 1. The fourth-order valence-corrected chi connectivity index (χ4v) is 4.72. The molecule has 3 aromatic heterocycles. The Morgan fingerprint density at radius 1 is 1.26 bits per heavy atom. The quantitative estimate of drug-likeness (QED) is 0.717. The van der Waals surface area contributed by atoms with Crippen LogP contribution >= 0.6 is 11.3 Å². The first-order chi connectivity index (χ1) is 11.3. The van der Waals surface area contributed by atoms with Gasteiger partial charge in [-0.05, 0) is 24.8 Å². The summed E-state index contributed by atoms with van der Waals surface area (Å²) in [6.07, 6.45) is 5.07. The summed E-state index contributed by atoms with van der Waals surface area (Å²) < 4.78 is 1.66. The Morgan fingerprint density at radius 3 is 3.00 bits per heavy atom. The van der Waals surface area contributed by atoms with Gasteiger partial charge < -0.3 is 10.2 Å². The van der Waals surface area contributed by atoms with Gasteiger partial charge in [-0.25, -0.2) is 14.5 Å². The molecule has 7 nitrogen and oxygen atoms in total. The number of amides is 1. The second-order valence-corrected chi connectivity index (χ2v) is 7.11. The van der Waals surface area contributed by atoms with Crippen LogP contribution in [-0.4, -0.2) is 56.6 Å². The van der Waals surface area contributed by atoms with Gasteiger partial charge in [0.1, 0.15) is 11.2 Å². The molecule has 3 aromatic rings. The van der Waals surface area contributed by atoms with Gasteiger partial charge in [-0.15, -0.1) is 16.4 Å². The summed E-state index contributed by atoms with van der Waals surface area (Å²) in [6.45, 7) is 3.05. The fourth-order valence-electron chi connectivity index (χ4n) is 3.49. The standard InChI is InChI=1S/C15H16N6OS/c22-15(20-6-4-16-5-7-20)12-18-13-11-9-2-1-3-10(9)23-14(11)17-8-21(13)19-12/h8,16H,1-7H2. The molecule has 0 saturated carbocycles. The van der Waals surface area contributed by atoms with Crippen molar-refractivity contribution in [3.63, 3.8) is 0 Å². The molecular formula is C15H16N6OS. The van der Waals surface area contributed by atoms with Crippen LogP contribution in [0.1, 0.15) is 27.5 Å². The third-order valence-corrected chi connectivity index (χ3v) is 5.84. The van der Waals surface area contributed by atoms with Crippen molar-refractivity contribution < 1.29 is 4.79 Å². The maximum atomic E-state index is 12.6. The average Bonchev–Trinajstić information content (AvgIpc) is 3.27. The number of piperazine rings is 1. The minimum absolute atomic E-state index is 0.0878. The van der Waals surface area contributed by atoms with Crippen molar-refractivity contribution in [1.82, 2.24) is 29.8 Å². The number of aryl methyl sites for hydroxylation is 2. The molecular weight excluding hydrogens is 312 g/mol. The molecule has 0 atom stereocenters. The molecule has 4 heterocycles. The van der Waals surface area contributed by atoms with Crippen LogP contribution in [-0.2, 0) is 12.8 Å². The predicted octanol–water partition coefficient (Wildman–Crippen LogP) is 0.873. The van der Waals surface area contributed by atoms with E-state index < -0.39 is 0 Å². The summed E-state index contributed by atoms with van der Waals surface area (Å²) in [6, 6.07) is 0. The second-order valence-electron chi connectivity index (χ2n) is 6.03. The van der Waals surface area contributed by atoms with Crippen molar-refractivity contribution in [3.8, 4) is 0 Å². The molecule has 0 radical (unpaired) electrons. The smallest absolute Gasteiger partial charge is 0.293 e. The first-order valence-corrected chi connectivity index (χ1v) is 8.78. The van der Waals surface area contributed by atoms with E-state index in [1.807, 2.05) is 4.90 Å². The second kappa shape index (κ2) is 4.97. The van der Waals surface area contributed by atoms with Crippen LogP contribution in [0.25, 0.3) is 15.9 Å². The predicted molar refractivity (Wildman–Crippen MR) is 87.0 cm³/mol. The topological polar surface area (TPSA) is 75.4 Å². The van der Waals surface area contributed by atoms with E-state index in [4.69, 9.17) is 0 Å². The van der Waals surface area contributed by atoms with Crippen molar-refractivity contribution in [2.75, 3.05) is 26.2 Å². The maximum absolute atomic E-state index is 12.6. The van der Waals surface area contributed by atoms with E-state index in [0.29, 0.717) is 13.1 Å². The first kappa shape index (κ1) is 13.4. The molecule has 0 spiro atoms. The molecule has 0 unspecified atom stereocenters. The number of rotatable bonds is 1. The summed E-state index contributed by atoms with van der Waals surface area (Å²) in [4.78, 5) is 25.9. The van der Waals surface area contributed by atoms with Crippen LogP contribution in [0.3, 0.4) is 0 Å². The Balaban J connectivity index is 1.64. The Kier molecular flexibility index (Phi) is 2.89. The lowest BCUT2D eigenvalue weighted by Gasteiger charge is -2.26. The Bertz CT molecular complexity index is 923. The van der Waals surface area contributed by atoms with E-state index in [2.05, 4.69) is 20.4 Å². The van der Waals surface area contributed by atoms with Crippen molar-refractivity contribution >= 4 is 33.1 Å². The highest BCUT2D eigenvalue weighted by atomic mass is 32.1. The van der Waals surface area contributed by atoms with Gasteiger partial charge >= 0.3 is 0 Å². The van der Waals surface area contributed by atoms with Crippen molar-refractivity contribution in [1.29, 1.82) is 0 Å². The molecule has 1 amide bonds. The number of nitrogens with zero attached hydrogens (tertiary/aromatic N) is 5. The Labute approximate surface area is 136 Å². The third-order valence-electron chi connectivity index (χ3n) is 4.64. The summed E-state index contributed by atoms with van der Waals surface area (Å²) in [7, 11) is 0. The van der Waals surface area contributed by atoms with E-state index in [-0.39, 0.29) is 11.7 Å². The van der Waals surface area contributed by atoms with Gasteiger partial charge in [-0.1, -0.05) is 0 Å². The number of hydrogen-bond acceptors (Lipinski definition) is 6. The lowest BCUT2D eigenvalue weighted by molar-refractivity contribution is 0.0723. The average molecular weight is 328 g/mol. The number of carbonyl (C=O) groups excluding carboxylic acids is 1. The molecule has 5 rings (SSSR count). The first-order valence-electron chi connectivity index (χ1n) is 7.97. The minimum Gasteiger partial charge on any atom is -0.333 e. The molecule has 2 aliphatic rings. The zero-order chi connectivity index (χ0) is 15.4. The van der Waals surface area contributed by atoms with Gasteiger partial charge in [0.15, 0.2) is 5.65 Å².